The molecule has 0 aromatic heterocycles. The largest absolute Gasteiger partial charge is 0.384 e. The van der Waals surface area contributed by atoms with Crippen LogP contribution in [0.4, 0.5) is 4.39 Å². The van der Waals surface area contributed by atoms with Gasteiger partial charge in [-0.05, 0) is 24.3 Å². The second-order valence-corrected chi connectivity index (χ2v) is 4.21. The second kappa shape index (κ2) is 3.96. The number of nitrogens with one attached hydrogen (secondary N) is 1. The van der Waals surface area contributed by atoms with E-state index in [9.17, 15) is 4.39 Å². The van der Waals surface area contributed by atoms with E-state index in [0.29, 0.717) is 5.56 Å². The minimum atomic E-state index is -1.27. The quantitative estimate of drug-likeness (QED) is 0.601. The lowest BCUT2D eigenvalue weighted by atomic mass is 10.1. The van der Waals surface area contributed by atoms with Gasteiger partial charge in [0.25, 0.3) is 0 Å². The van der Waals surface area contributed by atoms with Crippen LogP contribution >= 0.6 is 23.2 Å². The standard InChI is InChI=1S/C10H8Cl2FN3/c11-8-5-6(13)1-2-7(8)10(12)15-4-3-9(14)16-10/h1-5,15H,(H2,14,16). The SMILES string of the molecule is NC1=NC(Cl)(c2ccc(F)cc2Cl)NC=C1. The van der Waals surface area contributed by atoms with E-state index in [4.69, 9.17) is 28.9 Å². The Morgan fingerprint density at radius 3 is 2.81 bits per heavy atom. The van der Waals surface area contributed by atoms with Crippen LogP contribution in [0.1, 0.15) is 5.56 Å². The van der Waals surface area contributed by atoms with Gasteiger partial charge in [-0.2, -0.15) is 0 Å². The zero-order valence-electron chi connectivity index (χ0n) is 8.05. The average molecular weight is 260 g/mol. The number of aliphatic imine (C=N–C) groups is 1. The molecule has 1 heterocycles. The molecule has 1 aliphatic heterocycles. The van der Waals surface area contributed by atoms with Crippen molar-refractivity contribution in [1.29, 1.82) is 0 Å². The van der Waals surface area contributed by atoms with Crippen LogP contribution in [0.5, 0.6) is 0 Å². The summed E-state index contributed by atoms with van der Waals surface area (Å²) in [6.07, 6.45) is 3.13. The molecule has 3 nitrogen and oxygen atoms in total. The van der Waals surface area contributed by atoms with Crippen LogP contribution in [0, 0.1) is 5.82 Å². The minimum Gasteiger partial charge on any atom is -0.384 e. The zero-order valence-corrected chi connectivity index (χ0v) is 9.56. The first kappa shape index (κ1) is 11.2. The molecule has 0 fully saturated rings. The first-order valence-corrected chi connectivity index (χ1v) is 5.21. The lowest BCUT2D eigenvalue weighted by molar-refractivity contribution is 0.565. The van der Waals surface area contributed by atoms with E-state index in [-0.39, 0.29) is 10.9 Å². The number of amidine groups is 1. The van der Waals surface area contributed by atoms with E-state index in [1.54, 1.807) is 12.3 Å². The lowest BCUT2D eigenvalue weighted by Crippen LogP contribution is -2.37. The van der Waals surface area contributed by atoms with Crippen LogP contribution in [0.2, 0.25) is 5.02 Å². The van der Waals surface area contributed by atoms with E-state index in [2.05, 4.69) is 10.3 Å². The smallest absolute Gasteiger partial charge is 0.235 e. The van der Waals surface area contributed by atoms with Crippen molar-refractivity contribution in [3.8, 4) is 0 Å². The molecule has 1 aliphatic rings. The van der Waals surface area contributed by atoms with Crippen molar-refractivity contribution >= 4 is 29.0 Å². The Morgan fingerprint density at radius 2 is 2.19 bits per heavy atom. The summed E-state index contributed by atoms with van der Waals surface area (Å²) in [4.78, 5) is 4.03. The van der Waals surface area contributed by atoms with Crippen LogP contribution in [-0.4, -0.2) is 5.84 Å². The summed E-state index contributed by atoms with van der Waals surface area (Å²) < 4.78 is 12.9. The van der Waals surface area contributed by atoms with Gasteiger partial charge in [-0.25, -0.2) is 9.38 Å². The predicted octanol–water partition coefficient (Wildman–Crippen LogP) is 2.30. The molecular formula is C10H8Cl2FN3. The number of hydrogen-bond acceptors (Lipinski definition) is 3. The predicted molar refractivity (Wildman–Crippen MR) is 62.8 cm³/mol. The average Bonchev–Trinajstić information content (AvgIpc) is 2.16. The molecule has 3 N–H and O–H groups in total. The van der Waals surface area contributed by atoms with Crippen molar-refractivity contribution in [2.75, 3.05) is 0 Å². The van der Waals surface area contributed by atoms with E-state index in [1.165, 1.54) is 18.2 Å². The highest BCUT2D eigenvalue weighted by Gasteiger charge is 2.31. The Balaban J connectivity index is 2.48. The summed E-state index contributed by atoms with van der Waals surface area (Å²) in [7, 11) is 0. The van der Waals surface area contributed by atoms with Crippen LogP contribution in [0.3, 0.4) is 0 Å². The van der Waals surface area contributed by atoms with Crippen molar-refractivity contribution in [2.24, 2.45) is 10.7 Å². The van der Waals surface area contributed by atoms with Crippen molar-refractivity contribution in [3.05, 3.63) is 46.9 Å². The van der Waals surface area contributed by atoms with E-state index in [1.807, 2.05) is 0 Å². The Bertz CT molecular complexity index is 487. The van der Waals surface area contributed by atoms with Gasteiger partial charge in [0.2, 0.25) is 5.12 Å². The van der Waals surface area contributed by atoms with Crippen LogP contribution < -0.4 is 11.1 Å². The van der Waals surface area contributed by atoms with Crippen molar-refractivity contribution < 1.29 is 4.39 Å². The van der Waals surface area contributed by atoms with Crippen molar-refractivity contribution in [2.45, 2.75) is 5.12 Å². The fourth-order valence-corrected chi connectivity index (χ4v) is 2.06. The third-order valence-corrected chi connectivity index (χ3v) is 2.81. The Morgan fingerprint density at radius 1 is 1.44 bits per heavy atom. The number of hydrogen-bond donors (Lipinski definition) is 2. The molecule has 1 aromatic carbocycles. The van der Waals surface area contributed by atoms with E-state index in [0.717, 1.165) is 0 Å². The van der Waals surface area contributed by atoms with Gasteiger partial charge in [0.15, 0.2) is 0 Å². The first-order chi connectivity index (χ1) is 7.51. The highest BCUT2D eigenvalue weighted by atomic mass is 35.5. The number of nitrogens with zero attached hydrogens (tertiary/aromatic N) is 1. The molecule has 6 heteroatoms. The molecule has 1 unspecified atom stereocenters. The monoisotopic (exact) mass is 259 g/mol. The molecule has 0 radical (unpaired) electrons. The maximum absolute atomic E-state index is 12.9. The van der Waals surface area contributed by atoms with Crippen LogP contribution in [-0.2, 0) is 5.12 Å². The molecule has 0 bridgehead atoms. The summed E-state index contributed by atoms with van der Waals surface area (Å²) in [5, 5.41) is 1.73. The molecule has 0 saturated carbocycles. The number of nitrogens with two attached hydrogens (primary N) is 1. The van der Waals surface area contributed by atoms with Crippen molar-refractivity contribution in [1.82, 2.24) is 5.32 Å². The number of benzene rings is 1. The fourth-order valence-electron chi connectivity index (χ4n) is 1.38. The summed E-state index contributed by atoms with van der Waals surface area (Å²) >= 11 is 12.1. The molecule has 1 atom stereocenters. The molecule has 16 heavy (non-hydrogen) atoms. The van der Waals surface area contributed by atoms with E-state index < -0.39 is 10.9 Å². The van der Waals surface area contributed by atoms with Gasteiger partial charge in [-0.1, -0.05) is 23.2 Å². The molecule has 84 valence electrons. The molecule has 1 aromatic rings. The number of rotatable bonds is 1. The van der Waals surface area contributed by atoms with Gasteiger partial charge >= 0.3 is 0 Å². The molecule has 0 spiro atoms. The van der Waals surface area contributed by atoms with Gasteiger partial charge in [-0.3, -0.25) is 0 Å². The first-order valence-electron chi connectivity index (χ1n) is 4.45. The summed E-state index contributed by atoms with van der Waals surface area (Å²) in [5.41, 5.74) is 6.00. The molecule has 0 saturated heterocycles. The summed E-state index contributed by atoms with van der Waals surface area (Å²) in [6.45, 7) is 0. The van der Waals surface area contributed by atoms with Gasteiger partial charge in [-0.15, -0.1) is 0 Å². The van der Waals surface area contributed by atoms with Crippen LogP contribution in [0.15, 0.2) is 35.5 Å². The normalized spacial score (nSPS) is 23.8. The molecule has 0 amide bonds. The van der Waals surface area contributed by atoms with Gasteiger partial charge in [0.05, 0.1) is 5.02 Å². The third-order valence-electron chi connectivity index (χ3n) is 2.10. The molecule has 0 aliphatic carbocycles. The fraction of sp³-hybridized carbons (Fsp3) is 0.100. The van der Waals surface area contributed by atoms with Gasteiger partial charge < -0.3 is 11.1 Å². The molecular weight excluding hydrogens is 252 g/mol. The summed E-state index contributed by atoms with van der Waals surface area (Å²) in [6, 6.07) is 3.90. The van der Waals surface area contributed by atoms with Gasteiger partial charge in [0, 0.05) is 11.8 Å². The summed E-state index contributed by atoms with van der Waals surface area (Å²) in [5.74, 6) is -0.161. The van der Waals surface area contributed by atoms with Gasteiger partial charge in [0.1, 0.15) is 11.7 Å². The van der Waals surface area contributed by atoms with E-state index >= 15 is 0 Å². The Labute approximate surface area is 102 Å². The minimum absolute atomic E-state index is 0.189. The Kier molecular flexibility index (Phi) is 2.78. The lowest BCUT2D eigenvalue weighted by Gasteiger charge is -2.27. The van der Waals surface area contributed by atoms with Crippen LogP contribution in [0.25, 0.3) is 0 Å². The Hall–Kier alpha value is -1.26. The maximum Gasteiger partial charge on any atom is 0.235 e. The second-order valence-electron chi connectivity index (χ2n) is 3.26. The third kappa shape index (κ3) is 1.99. The number of halogens is 3. The number of alkyl halides is 1. The highest BCUT2D eigenvalue weighted by molar-refractivity contribution is 6.33. The maximum atomic E-state index is 12.9. The highest BCUT2D eigenvalue weighted by Crippen LogP contribution is 2.34. The topological polar surface area (TPSA) is 50.4 Å². The van der Waals surface area contributed by atoms with Crippen molar-refractivity contribution in [3.63, 3.8) is 0 Å². The zero-order chi connectivity index (χ0) is 11.8. The molecule has 2 rings (SSSR count).